The first kappa shape index (κ1) is 19.9. The molecule has 0 aliphatic rings. The van der Waals surface area contributed by atoms with E-state index in [4.69, 9.17) is 9.47 Å². The van der Waals surface area contributed by atoms with Crippen LogP contribution in [0.4, 0.5) is 4.39 Å². The molecule has 0 aliphatic heterocycles. The molecular formula is C19H19FN2O5. The Morgan fingerprint density at radius 3 is 2.15 bits per heavy atom. The number of rotatable bonds is 6. The van der Waals surface area contributed by atoms with Crippen LogP contribution >= 0.6 is 0 Å². The van der Waals surface area contributed by atoms with E-state index in [-0.39, 0.29) is 5.75 Å². The van der Waals surface area contributed by atoms with Gasteiger partial charge in [0.25, 0.3) is 11.8 Å². The van der Waals surface area contributed by atoms with E-state index in [9.17, 15) is 18.8 Å². The zero-order valence-corrected chi connectivity index (χ0v) is 14.8. The maximum absolute atomic E-state index is 12.9. The van der Waals surface area contributed by atoms with Gasteiger partial charge in [0.15, 0.2) is 12.2 Å². The minimum Gasteiger partial charge on any atom is -0.479 e. The maximum Gasteiger partial charge on any atom is 0.347 e. The lowest BCUT2D eigenvalue weighted by Crippen LogP contribution is -2.47. The van der Waals surface area contributed by atoms with E-state index < -0.39 is 35.8 Å². The van der Waals surface area contributed by atoms with Gasteiger partial charge in [0.1, 0.15) is 11.6 Å². The van der Waals surface area contributed by atoms with Crippen LogP contribution in [0.1, 0.15) is 24.2 Å². The number of benzene rings is 2. The molecule has 0 saturated carbocycles. The molecule has 0 bridgehead atoms. The second-order valence-corrected chi connectivity index (χ2v) is 5.60. The molecule has 2 rings (SSSR count). The largest absolute Gasteiger partial charge is 0.479 e. The van der Waals surface area contributed by atoms with Gasteiger partial charge in [-0.25, -0.2) is 9.18 Å². The first-order valence-electron chi connectivity index (χ1n) is 8.15. The Balaban J connectivity index is 1.79. The van der Waals surface area contributed by atoms with E-state index in [0.29, 0.717) is 5.56 Å². The van der Waals surface area contributed by atoms with Crippen molar-refractivity contribution in [1.29, 1.82) is 0 Å². The number of hydrogen-bond acceptors (Lipinski definition) is 5. The van der Waals surface area contributed by atoms with Gasteiger partial charge in [0, 0.05) is 5.56 Å². The Labute approximate surface area is 155 Å². The molecule has 2 amide bonds. The van der Waals surface area contributed by atoms with Gasteiger partial charge in [-0.05, 0) is 50.2 Å². The normalized spacial score (nSPS) is 12.4. The summed E-state index contributed by atoms with van der Waals surface area (Å²) in [4.78, 5) is 35.8. The van der Waals surface area contributed by atoms with E-state index in [1.165, 1.54) is 38.1 Å². The fourth-order valence-electron chi connectivity index (χ4n) is 1.97. The molecule has 2 N–H and O–H groups in total. The van der Waals surface area contributed by atoms with Gasteiger partial charge in [-0.15, -0.1) is 0 Å². The summed E-state index contributed by atoms with van der Waals surface area (Å²) in [6.07, 6.45) is -2.17. The molecule has 0 aliphatic carbocycles. The van der Waals surface area contributed by atoms with E-state index in [2.05, 4.69) is 10.9 Å². The number of carbonyl (C=O) groups excluding carboxylic acids is 3. The summed E-state index contributed by atoms with van der Waals surface area (Å²) in [7, 11) is 0. The van der Waals surface area contributed by atoms with Crippen LogP contribution in [-0.2, 0) is 14.3 Å². The first-order valence-corrected chi connectivity index (χ1v) is 8.15. The number of hydrogen-bond donors (Lipinski definition) is 2. The van der Waals surface area contributed by atoms with Crippen LogP contribution in [0, 0.1) is 5.82 Å². The third-order valence-corrected chi connectivity index (χ3v) is 3.46. The molecule has 8 heteroatoms. The highest BCUT2D eigenvalue weighted by atomic mass is 19.1. The average molecular weight is 374 g/mol. The maximum atomic E-state index is 12.9. The summed E-state index contributed by atoms with van der Waals surface area (Å²) in [5.41, 5.74) is 4.78. The smallest absolute Gasteiger partial charge is 0.347 e. The van der Waals surface area contributed by atoms with E-state index in [1.807, 2.05) is 0 Å². The van der Waals surface area contributed by atoms with E-state index >= 15 is 0 Å². The highest BCUT2D eigenvalue weighted by Gasteiger charge is 2.23. The minimum absolute atomic E-state index is 0.285. The molecule has 0 aromatic heterocycles. The lowest BCUT2D eigenvalue weighted by molar-refractivity contribution is -0.161. The molecule has 0 fully saturated rings. The van der Waals surface area contributed by atoms with Gasteiger partial charge < -0.3 is 9.47 Å². The molecule has 0 unspecified atom stereocenters. The van der Waals surface area contributed by atoms with Gasteiger partial charge in [0.05, 0.1) is 0 Å². The second kappa shape index (κ2) is 9.33. The van der Waals surface area contributed by atoms with Crippen LogP contribution in [0.25, 0.3) is 0 Å². The van der Waals surface area contributed by atoms with Crippen LogP contribution in [-0.4, -0.2) is 30.0 Å². The van der Waals surface area contributed by atoms with Crippen LogP contribution in [0.5, 0.6) is 5.75 Å². The molecular weight excluding hydrogens is 355 g/mol. The SMILES string of the molecule is C[C@H](OC(=O)[C@H](C)Oc1ccc(F)cc1)C(=O)NNC(=O)c1ccccc1. The number of ether oxygens (including phenoxy) is 2. The Kier molecular flexibility index (Phi) is 6.87. The van der Waals surface area contributed by atoms with Crippen LogP contribution in [0.2, 0.25) is 0 Å². The van der Waals surface area contributed by atoms with Crippen molar-refractivity contribution in [2.45, 2.75) is 26.1 Å². The van der Waals surface area contributed by atoms with E-state index in [1.54, 1.807) is 30.3 Å². The lowest BCUT2D eigenvalue weighted by Gasteiger charge is -2.18. The summed E-state index contributed by atoms with van der Waals surface area (Å²) in [6, 6.07) is 13.4. The van der Waals surface area contributed by atoms with Crippen LogP contribution in [0.15, 0.2) is 54.6 Å². The Morgan fingerprint density at radius 1 is 0.889 bits per heavy atom. The predicted molar refractivity (Wildman–Crippen MR) is 94.1 cm³/mol. The van der Waals surface area contributed by atoms with Gasteiger partial charge in [0.2, 0.25) is 0 Å². The predicted octanol–water partition coefficient (Wildman–Crippen LogP) is 1.99. The van der Waals surface area contributed by atoms with Crippen molar-refractivity contribution in [2.75, 3.05) is 0 Å². The first-order chi connectivity index (χ1) is 12.9. The molecule has 7 nitrogen and oxygen atoms in total. The molecule has 0 saturated heterocycles. The molecule has 2 atom stereocenters. The summed E-state index contributed by atoms with van der Waals surface area (Å²) in [6.45, 7) is 2.79. The van der Waals surface area contributed by atoms with Gasteiger partial charge in [-0.1, -0.05) is 18.2 Å². The average Bonchev–Trinajstić information content (AvgIpc) is 2.68. The van der Waals surface area contributed by atoms with Gasteiger partial charge in [-0.3, -0.25) is 20.4 Å². The molecule has 27 heavy (non-hydrogen) atoms. The van der Waals surface area contributed by atoms with Crippen LogP contribution < -0.4 is 15.6 Å². The van der Waals surface area contributed by atoms with Crippen molar-refractivity contribution in [3.8, 4) is 5.75 Å². The van der Waals surface area contributed by atoms with Crippen molar-refractivity contribution in [3.63, 3.8) is 0 Å². The van der Waals surface area contributed by atoms with Gasteiger partial charge in [-0.2, -0.15) is 0 Å². The topological polar surface area (TPSA) is 93.7 Å². The standard InChI is InChI=1S/C19H19FN2O5/c1-12(17(23)21-22-18(24)14-6-4-3-5-7-14)27-19(25)13(2)26-16-10-8-15(20)9-11-16/h3-13H,1-2H3,(H,21,23)(H,22,24)/t12-,13-/m0/s1. The third kappa shape index (κ3) is 6.10. The number of hydrazine groups is 1. The lowest BCUT2D eigenvalue weighted by atomic mass is 10.2. The van der Waals surface area contributed by atoms with E-state index in [0.717, 1.165) is 0 Å². The minimum atomic E-state index is -1.16. The van der Waals surface area contributed by atoms with Crippen molar-refractivity contribution < 1.29 is 28.2 Å². The second-order valence-electron chi connectivity index (χ2n) is 5.60. The highest BCUT2D eigenvalue weighted by Crippen LogP contribution is 2.13. The quantitative estimate of drug-likeness (QED) is 0.596. The van der Waals surface area contributed by atoms with Crippen molar-refractivity contribution in [3.05, 3.63) is 66.0 Å². The van der Waals surface area contributed by atoms with Crippen molar-refractivity contribution in [2.24, 2.45) is 0 Å². The summed E-state index contributed by atoms with van der Waals surface area (Å²) in [5, 5.41) is 0. The summed E-state index contributed by atoms with van der Waals surface area (Å²) < 4.78 is 23.2. The number of nitrogens with one attached hydrogen (secondary N) is 2. The fourth-order valence-corrected chi connectivity index (χ4v) is 1.97. The monoisotopic (exact) mass is 374 g/mol. The fraction of sp³-hybridized carbons (Fsp3) is 0.211. The Bertz CT molecular complexity index is 796. The zero-order valence-electron chi connectivity index (χ0n) is 14.8. The highest BCUT2D eigenvalue weighted by molar-refractivity contribution is 5.95. The van der Waals surface area contributed by atoms with Crippen LogP contribution in [0.3, 0.4) is 0 Å². The Hall–Kier alpha value is -3.42. The Morgan fingerprint density at radius 2 is 1.52 bits per heavy atom. The summed E-state index contributed by atoms with van der Waals surface area (Å²) in [5.74, 6) is -2.14. The zero-order chi connectivity index (χ0) is 19.8. The number of carbonyl (C=O) groups is 3. The molecule has 0 heterocycles. The number of amides is 2. The molecule has 2 aromatic carbocycles. The van der Waals surface area contributed by atoms with Gasteiger partial charge >= 0.3 is 5.97 Å². The molecule has 142 valence electrons. The molecule has 2 aromatic rings. The van der Waals surface area contributed by atoms with Crippen molar-refractivity contribution in [1.82, 2.24) is 10.9 Å². The summed E-state index contributed by atoms with van der Waals surface area (Å²) >= 11 is 0. The third-order valence-electron chi connectivity index (χ3n) is 3.46. The number of halogens is 1. The number of esters is 1. The molecule has 0 radical (unpaired) electrons. The van der Waals surface area contributed by atoms with Crippen molar-refractivity contribution >= 4 is 17.8 Å². The molecule has 0 spiro atoms.